The number of hydrogen-bond donors (Lipinski definition) is 3. The van der Waals surface area contributed by atoms with E-state index in [4.69, 9.17) is 4.74 Å². The number of nitrogens with one attached hydrogen (secondary N) is 1. The van der Waals surface area contributed by atoms with Crippen LogP contribution in [0.2, 0.25) is 0 Å². The van der Waals surface area contributed by atoms with E-state index in [9.17, 15) is 19.2 Å². The molecule has 150 valence electrons. The average molecular weight is 389 g/mol. The maximum Gasteiger partial charge on any atom is 0.488 e. The lowest BCUT2D eigenvalue weighted by atomic mass is 9.79. The van der Waals surface area contributed by atoms with E-state index in [1.807, 2.05) is 25.7 Å². The first kappa shape index (κ1) is 20.4. The molecule has 1 aliphatic heterocycles. The van der Waals surface area contributed by atoms with E-state index in [0.29, 0.717) is 11.9 Å². The Balaban J connectivity index is 1.84. The molecule has 0 aliphatic carbocycles. The summed E-state index contributed by atoms with van der Waals surface area (Å²) in [6.45, 7) is 6.70. The molecule has 1 fully saturated rings. The second-order valence-corrected chi connectivity index (χ2v) is 8.03. The van der Waals surface area contributed by atoms with Crippen molar-refractivity contribution in [2.75, 3.05) is 18.0 Å². The molecular formula is C19H25BFN3O4. The Labute approximate surface area is 163 Å². The number of halogens is 1. The van der Waals surface area contributed by atoms with E-state index < -0.39 is 24.6 Å². The van der Waals surface area contributed by atoms with Crippen molar-refractivity contribution in [1.29, 1.82) is 0 Å². The molecule has 0 bridgehead atoms. The Kier molecular flexibility index (Phi) is 5.76. The Morgan fingerprint density at radius 1 is 1.39 bits per heavy atom. The Hall–Kier alpha value is -2.39. The van der Waals surface area contributed by atoms with Gasteiger partial charge in [-0.05, 0) is 51.2 Å². The molecule has 0 saturated carbocycles. The highest BCUT2D eigenvalue weighted by molar-refractivity contribution is 6.59. The second kappa shape index (κ2) is 7.93. The number of fused-ring (bicyclic) bond motifs is 1. The van der Waals surface area contributed by atoms with Gasteiger partial charge in [0.1, 0.15) is 16.9 Å². The van der Waals surface area contributed by atoms with Crippen LogP contribution in [0, 0.1) is 5.82 Å². The van der Waals surface area contributed by atoms with Crippen molar-refractivity contribution in [3.63, 3.8) is 0 Å². The highest BCUT2D eigenvalue weighted by Gasteiger charge is 2.26. The number of ether oxygens (including phenoxy) is 1. The molecule has 9 heteroatoms. The summed E-state index contributed by atoms with van der Waals surface area (Å²) in [5.74, 6) is -0.608. The fourth-order valence-electron chi connectivity index (χ4n) is 3.43. The number of pyridine rings is 1. The Bertz CT molecular complexity index is 872. The van der Waals surface area contributed by atoms with E-state index in [1.54, 1.807) is 6.07 Å². The molecule has 3 rings (SSSR count). The molecule has 1 atom stereocenters. The van der Waals surface area contributed by atoms with Crippen molar-refractivity contribution in [2.24, 2.45) is 0 Å². The minimum Gasteiger partial charge on any atom is -0.444 e. The Morgan fingerprint density at radius 3 is 2.82 bits per heavy atom. The lowest BCUT2D eigenvalue weighted by molar-refractivity contribution is 0.0500. The van der Waals surface area contributed by atoms with Crippen LogP contribution in [0.5, 0.6) is 0 Å². The van der Waals surface area contributed by atoms with Crippen LogP contribution in [0.4, 0.5) is 14.9 Å². The van der Waals surface area contributed by atoms with E-state index >= 15 is 0 Å². The van der Waals surface area contributed by atoms with Crippen LogP contribution in [0.1, 0.15) is 33.6 Å². The van der Waals surface area contributed by atoms with Gasteiger partial charge in [0.05, 0.1) is 0 Å². The lowest BCUT2D eigenvalue weighted by Gasteiger charge is -2.35. The number of carbonyl (C=O) groups is 1. The summed E-state index contributed by atoms with van der Waals surface area (Å²) in [5, 5.41) is 22.3. The van der Waals surface area contributed by atoms with Crippen molar-refractivity contribution >= 4 is 35.3 Å². The summed E-state index contributed by atoms with van der Waals surface area (Å²) in [7, 11) is -1.77. The predicted octanol–water partition coefficient (Wildman–Crippen LogP) is 1.55. The van der Waals surface area contributed by atoms with Gasteiger partial charge >= 0.3 is 13.2 Å². The highest BCUT2D eigenvalue weighted by atomic mass is 19.1. The lowest BCUT2D eigenvalue weighted by Crippen LogP contribution is -2.49. The SMILES string of the molecule is CC(C)(C)OC(=O)N[C@@H]1CCCN(c2ccnc3c(F)cc(B(O)O)cc23)C1. The number of benzene rings is 1. The molecule has 1 amide bonds. The van der Waals surface area contributed by atoms with Crippen LogP contribution in [-0.2, 0) is 4.74 Å². The molecule has 1 aromatic carbocycles. The zero-order chi connectivity index (χ0) is 20.5. The molecule has 1 aromatic heterocycles. The minimum atomic E-state index is -1.77. The molecule has 0 unspecified atom stereocenters. The van der Waals surface area contributed by atoms with Crippen LogP contribution in [-0.4, -0.2) is 53.0 Å². The summed E-state index contributed by atoms with van der Waals surface area (Å²) in [4.78, 5) is 18.2. The molecule has 1 saturated heterocycles. The number of aromatic nitrogens is 1. The van der Waals surface area contributed by atoms with Crippen molar-refractivity contribution in [3.8, 4) is 0 Å². The first-order valence-electron chi connectivity index (χ1n) is 9.33. The summed E-state index contributed by atoms with van der Waals surface area (Å²) in [6.07, 6.45) is 2.72. The molecule has 0 radical (unpaired) electrons. The van der Waals surface area contributed by atoms with Gasteiger partial charge < -0.3 is 25.0 Å². The van der Waals surface area contributed by atoms with Gasteiger partial charge in [-0.25, -0.2) is 9.18 Å². The third-order valence-electron chi connectivity index (χ3n) is 4.58. The summed E-state index contributed by atoms with van der Waals surface area (Å²) >= 11 is 0. The third-order valence-corrected chi connectivity index (χ3v) is 4.58. The van der Waals surface area contributed by atoms with Gasteiger partial charge in [0.2, 0.25) is 0 Å². The van der Waals surface area contributed by atoms with E-state index in [1.165, 1.54) is 12.3 Å². The fraction of sp³-hybridized carbons (Fsp3) is 0.474. The predicted molar refractivity (Wildman–Crippen MR) is 106 cm³/mol. The summed E-state index contributed by atoms with van der Waals surface area (Å²) < 4.78 is 19.7. The van der Waals surface area contributed by atoms with Crippen molar-refractivity contribution < 1.29 is 24.0 Å². The van der Waals surface area contributed by atoms with Crippen molar-refractivity contribution in [2.45, 2.75) is 45.3 Å². The number of nitrogens with zero attached hydrogens (tertiary/aromatic N) is 2. The third kappa shape index (κ3) is 4.71. The number of hydrogen-bond acceptors (Lipinski definition) is 6. The molecule has 7 nitrogen and oxygen atoms in total. The van der Waals surface area contributed by atoms with Crippen molar-refractivity contribution in [3.05, 3.63) is 30.2 Å². The van der Waals surface area contributed by atoms with Gasteiger partial charge in [-0.1, -0.05) is 6.07 Å². The molecular weight excluding hydrogens is 364 g/mol. The van der Waals surface area contributed by atoms with Gasteiger partial charge in [-0.3, -0.25) is 4.98 Å². The largest absolute Gasteiger partial charge is 0.488 e. The number of alkyl carbamates (subject to hydrolysis) is 1. The molecule has 1 aliphatic rings. The fourth-order valence-corrected chi connectivity index (χ4v) is 3.43. The average Bonchev–Trinajstić information content (AvgIpc) is 2.59. The maximum absolute atomic E-state index is 14.4. The van der Waals surface area contributed by atoms with E-state index in [0.717, 1.165) is 31.1 Å². The molecule has 2 aromatic rings. The first-order chi connectivity index (χ1) is 13.1. The zero-order valence-corrected chi connectivity index (χ0v) is 16.3. The topological polar surface area (TPSA) is 94.9 Å². The van der Waals surface area contributed by atoms with Crippen LogP contribution in [0.15, 0.2) is 24.4 Å². The van der Waals surface area contributed by atoms with Crippen LogP contribution < -0.4 is 15.7 Å². The number of amides is 1. The first-order valence-corrected chi connectivity index (χ1v) is 9.33. The summed E-state index contributed by atoms with van der Waals surface area (Å²) in [5.41, 5.74) is 0.407. The zero-order valence-electron chi connectivity index (χ0n) is 16.3. The molecule has 3 N–H and O–H groups in total. The minimum absolute atomic E-state index is 0.0692. The molecule has 0 spiro atoms. The number of piperidine rings is 1. The van der Waals surface area contributed by atoms with Crippen LogP contribution in [0.25, 0.3) is 10.9 Å². The molecule has 2 heterocycles. The van der Waals surface area contributed by atoms with Crippen LogP contribution in [0.3, 0.4) is 0 Å². The van der Waals surface area contributed by atoms with Gasteiger partial charge in [0.15, 0.2) is 0 Å². The van der Waals surface area contributed by atoms with E-state index in [-0.39, 0.29) is 17.0 Å². The van der Waals surface area contributed by atoms with Crippen LogP contribution >= 0.6 is 0 Å². The monoisotopic (exact) mass is 389 g/mol. The van der Waals surface area contributed by atoms with Gasteiger partial charge in [0, 0.05) is 36.4 Å². The highest BCUT2D eigenvalue weighted by Crippen LogP contribution is 2.28. The maximum atomic E-state index is 14.4. The van der Waals surface area contributed by atoms with Gasteiger partial charge in [0.25, 0.3) is 0 Å². The standard InChI is InChI=1S/C19H25BFN3O4/c1-19(2,3)28-18(25)23-13-5-4-8-24(11-13)16-6-7-22-17-14(16)9-12(20(26)27)10-15(17)21/h6-7,9-10,13,26-27H,4-5,8,11H2,1-3H3,(H,23,25)/t13-/m1/s1. The van der Waals surface area contributed by atoms with E-state index in [2.05, 4.69) is 10.3 Å². The smallest absolute Gasteiger partial charge is 0.444 e. The second-order valence-electron chi connectivity index (χ2n) is 8.03. The van der Waals surface area contributed by atoms with Gasteiger partial charge in [-0.2, -0.15) is 0 Å². The van der Waals surface area contributed by atoms with Crippen molar-refractivity contribution in [1.82, 2.24) is 10.3 Å². The molecule has 28 heavy (non-hydrogen) atoms. The van der Waals surface area contributed by atoms with Gasteiger partial charge in [-0.15, -0.1) is 0 Å². The summed E-state index contributed by atoms with van der Waals surface area (Å²) in [6, 6.07) is 4.28. The quantitative estimate of drug-likeness (QED) is 0.690. The normalized spacial score (nSPS) is 17.5. The Morgan fingerprint density at radius 2 is 2.14 bits per heavy atom. The number of rotatable bonds is 3. The number of carbonyl (C=O) groups excluding carboxylic acids is 1. The number of anilines is 1.